The summed E-state index contributed by atoms with van der Waals surface area (Å²) in [5, 5.41) is 10.1. The Hall–Kier alpha value is -1.73. The topological polar surface area (TPSA) is 84.3 Å². The van der Waals surface area contributed by atoms with Crippen molar-refractivity contribution in [1.29, 1.82) is 5.41 Å². The third-order valence-electron chi connectivity index (χ3n) is 3.23. The average Bonchev–Trinajstić information content (AvgIpc) is 2.51. The molecule has 0 fully saturated rings. The Morgan fingerprint density at radius 3 is 2.74 bits per heavy atom. The Morgan fingerprint density at radius 2 is 2.22 bits per heavy atom. The van der Waals surface area contributed by atoms with E-state index in [0.717, 1.165) is 6.42 Å². The predicted octanol–water partition coefficient (Wildman–Crippen LogP) is 3.43. The van der Waals surface area contributed by atoms with Gasteiger partial charge in [-0.2, -0.15) is 4.39 Å². The van der Waals surface area contributed by atoms with Crippen LogP contribution in [0.2, 0.25) is 5.02 Å². The number of carbonyl (C=O) groups is 1. The number of anilines is 1. The first kappa shape index (κ1) is 19.3. The summed E-state index contributed by atoms with van der Waals surface area (Å²) in [6.07, 6.45) is 2.66. The van der Waals surface area contributed by atoms with Gasteiger partial charge in [-0.25, -0.2) is 9.78 Å². The minimum atomic E-state index is -1.27. The molecule has 6 nitrogen and oxygen atoms in total. The van der Waals surface area contributed by atoms with Gasteiger partial charge in [-0.1, -0.05) is 18.5 Å². The molecule has 0 amide bonds. The molecule has 0 aliphatic rings. The van der Waals surface area contributed by atoms with Crippen molar-refractivity contribution < 1.29 is 18.7 Å². The number of nitrogens with zero attached hydrogens (tertiary/aromatic N) is 1. The molecule has 1 unspecified atom stereocenters. The van der Waals surface area contributed by atoms with Gasteiger partial charge in [0.05, 0.1) is 22.8 Å². The van der Waals surface area contributed by atoms with Gasteiger partial charge in [0.25, 0.3) is 0 Å². The summed E-state index contributed by atoms with van der Waals surface area (Å²) in [5.41, 5.74) is -0.311. The van der Waals surface area contributed by atoms with Crippen LogP contribution in [0, 0.1) is 5.41 Å². The van der Waals surface area contributed by atoms with Crippen molar-refractivity contribution in [2.75, 3.05) is 25.6 Å². The molecule has 0 aliphatic carbocycles. The van der Waals surface area contributed by atoms with Crippen LogP contribution < -0.4 is 5.32 Å². The zero-order chi connectivity index (χ0) is 17.4. The number of pyridine rings is 1. The molecule has 1 aromatic heterocycles. The van der Waals surface area contributed by atoms with Crippen LogP contribution in [0.3, 0.4) is 0 Å². The molecule has 0 aromatic carbocycles. The van der Waals surface area contributed by atoms with E-state index in [-0.39, 0.29) is 34.6 Å². The number of hydrogen-bond donors (Lipinski definition) is 2. The number of methoxy groups -OCH3 is 1. The first-order valence-electron chi connectivity index (χ1n) is 7.31. The lowest BCUT2D eigenvalue weighted by atomic mass is 10.1. The lowest BCUT2D eigenvalue weighted by molar-refractivity contribution is 0.0526. The normalized spacial score (nSPS) is 11.9. The fourth-order valence-electron chi connectivity index (χ4n) is 1.98. The average molecular weight is 346 g/mol. The van der Waals surface area contributed by atoms with Gasteiger partial charge in [0.15, 0.2) is 0 Å². The Kier molecular flexibility index (Phi) is 7.91. The third-order valence-corrected chi connectivity index (χ3v) is 3.63. The van der Waals surface area contributed by atoms with Crippen LogP contribution in [0.25, 0.3) is 0 Å². The number of nitrogens with one attached hydrogen (secondary N) is 2. The van der Waals surface area contributed by atoms with Crippen molar-refractivity contribution in [3.8, 4) is 0 Å². The fourth-order valence-corrected chi connectivity index (χ4v) is 2.28. The molecule has 0 aliphatic heterocycles. The SMILES string of the molecule is CCOC(=O)c1cnc(NC(CC)CCOC)c(C(=N)F)c1Cl. The van der Waals surface area contributed by atoms with E-state index in [0.29, 0.717) is 13.0 Å². The second kappa shape index (κ2) is 9.42. The second-order valence-electron chi connectivity index (χ2n) is 4.77. The molecule has 2 N–H and O–H groups in total. The van der Waals surface area contributed by atoms with Crippen LogP contribution in [-0.2, 0) is 9.47 Å². The number of esters is 1. The van der Waals surface area contributed by atoms with Gasteiger partial charge in [-0.15, -0.1) is 0 Å². The minimum Gasteiger partial charge on any atom is -0.462 e. The van der Waals surface area contributed by atoms with Crippen LogP contribution >= 0.6 is 11.6 Å². The molecule has 0 spiro atoms. The maximum atomic E-state index is 13.6. The van der Waals surface area contributed by atoms with Crippen LogP contribution in [-0.4, -0.2) is 43.3 Å². The number of carbonyl (C=O) groups excluding carboxylic acids is 1. The molecule has 1 aromatic rings. The molecular formula is C15H21ClFN3O3. The highest BCUT2D eigenvalue weighted by Gasteiger charge is 2.23. The summed E-state index contributed by atoms with van der Waals surface area (Å²) in [6, 6.07) is -0.0231. The molecule has 1 heterocycles. The van der Waals surface area contributed by atoms with Gasteiger partial charge in [0, 0.05) is 26.0 Å². The summed E-state index contributed by atoms with van der Waals surface area (Å²) in [5.74, 6) is -1.85. The lowest BCUT2D eigenvalue weighted by Gasteiger charge is -2.19. The zero-order valence-corrected chi connectivity index (χ0v) is 14.2. The highest BCUT2D eigenvalue weighted by Crippen LogP contribution is 2.28. The predicted molar refractivity (Wildman–Crippen MR) is 87.3 cm³/mol. The summed E-state index contributed by atoms with van der Waals surface area (Å²) < 4.78 is 23.5. The number of ether oxygens (including phenoxy) is 2. The first-order chi connectivity index (χ1) is 11.0. The second-order valence-corrected chi connectivity index (χ2v) is 5.15. The quantitative estimate of drug-likeness (QED) is 0.529. The molecule has 1 rings (SSSR count). The molecular weight excluding hydrogens is 325 g/mol. The van der Waals surface area contributed by atoms with Crippen molar-refractivity contribution in [2.45, 2.75) is 32.7 Å². The van der Waals surface area contributed by atoms with E-state index >= 15 is 0 Å². The van der Waals surface area contributed by atoms with Crippen LogP contribution in [0.5, 0.6) is 0 Å². The number of aromatic nitrogens is 1. The van der Waals surface area contributed by atoms with Crippen molar-refractivity contribution in [3.05, 3.63) is 22.3 Å². The molecule has 1 atom stereocenters. The molecule has 23 heavy (non-hydrogen) atoms. The molecule has 0 saturated heterocycles. The van der Waals surface area contributed by atoms with E-state index in [9.17, 15) is 9.18 Å². The van der Waals surface area contributed by atoms with Gasteiger partial charge < -0.3 is 14.8 Å². The van der Waals surface area contributed by atoms with Gasteiger partial charge in [-0.3, -0.25) is 5.41 Å². The maximum Gasteiger partial charge on any atom is 0.341 e. The minimum absolute atomic E-state index is 0.0231. The van der Waals surface area contributed by atoms with Crippen molar-refractivity contribution >= 4 is 29.4 Å². The summed E-state index contributed by atoms with van der Waals surface area (Å²) in [4.78, 5) is 15.8. The highest BCUT2D eigenvalue weighted by molar-refractivity contribution is 6.37. The third kappa shape index (κ3) is 5.14. The summed E-state index contributed by atoms with van der Waals surface area (Å²) in [7, 11) is 1.60. The van der Waals surface area contributed by atoms with E-state index in [1.807, 2.05) is 6.92 Å². The van der Waals surface area contributed by atoms with Crippen molar-refractivity contribution in [2.24, 2.45) is 0 Å². The Balaban J connectivity index is 3.15. The largest absolute Gasteiger partial charge is 0.462 e. The molecule has 0 radical (unpaired) electrons. The Labute approximate surface area is 139 Å². The lowest BCUT2D eigenvalue weighted by Crippen LogP contribution is -2.23. The van der Waals surface area contributed by atoms with E-state index in [1.165, 1.54) is 6.20 Å². The van der Waals surface area contributed by atoms with E-state index in [1.54, 1.807) is 14.0 Å². The Morgan fingerprint density at radius 1 is 1.52 bits per heavy atom. The molecule has 0 bridgehead atoms. The van der Waals surface area contributed by atoms with Gasteiger partial charge >= 0.3 is 5.97 Å². The number of hydrogen-bond acceptors (Lipinski definition) is 6. The van der Waals surface area contributed by atoms with Crippen molar-refractivity contribution in [1.82, 2.24) is 4.98 Å². The van der Waals surface area contributed by atoms with E-state index in [2.05, 4.69) is 10.3 Å². The molecule has 8 heteroatoms. The maximum absolute atomic E-state index is 13.6. The molecule has 128 valence electrons. The van der Waals surface area contributed by atoms with Gasteiger partial charge in [0.2, 0.25) is 5.97 Å². The fraction of sp³-hybridized carbons (Fsp3) is 0.533. The van der Waals surface area contributed by atoms with E-state index in [4.69, 9.17) is 26.5 Å². The zero-order valence-electron chi connectivity index (χ0n) is 13.4. The highest BCUT2D eigenvalue weighted by atomic mass is 35.5. The first-order valence-corrected chi connectivity index (χ1v) is 7.69. The number of halogens is 2. The number of rotatable bonds is 9. The van der Waals surface area contributed by atoms with Gasteiger partial charge in [-0.05, 0) is 19.8 Å². The van der Waals surface area contributed by atoms with Crippen LogP contribution in [0.4, 0.5) is 10.2 Å². The van der Waals surface area contributed by atoms with Crippen LogP contribution in [0.15, 0.2) is 6.20 Å². The smallest absolute Gasteiger partial charge is 0.341 e. The summed E-state index contributed by atoms with van der Waals surface area (Å²) in [6.45, 7) is 4.30. The molecule has 0 saturated carbocycles. The standard InChI is InChI=1S/C15H21ClFN3O3/c1-4-9(6-7-22-3)20-14-11(13(17)18)12(16)10(8-19-14)15(21)23-5-2/h8-9,18H,4-7H2,1-3H3,(H,19,20). The van der Waals surface area contributed by atoms with Crippen molar-refractivity contribution in [3.63, 3.8) is 0 Å². The van der Waals surface area contributed by atoms with Crippen LogP contribution in [0.1, 0.15) is 42.6 Å². The monoisotopic (exact) mass is 345 g/mol. The van der Waals surface area contributed by atoms with E-state index < -0.39 is 11.9 Å². The van der Waals surface area contributed by atoms with Gasteiger partial charge in [0.1, 0.15) is 5.82 Å². The summed E-state index contributed by atoms with van der Waals surface area (Å²) >= 11 is 6.08. The Bertz CT molecular complexity index is 569.